The molecule has 1 aliphatic heterocycles. The quantitative estimate of drug-likeness (QED) is 0.850. The highest BCUT2D eigenvalue weighted by molar-refractivity contribution is 5.40. The lowest BCUT2D eigenvalue weighted by atomic mass is 9.93. The normalized spacial score (nSPS) is 21.2. The Balaban J connectivity index is 1.98. The van der Waals surface area contributed by atoms with E-state index >= 15 is 0 Å². The summed E-state index contributed by atoms with van der Waals surface area (Å²) in [4.78, 5) is 0. The molecule has 1 heterocycles. The van der Waals surface area contributed by atoms with Crippen LogP contribution in [0.3, 0.4) is 0 Å². The summed E-state index contributed by atoms with van der Waals surface area (Å²) in [5.41, 5.74) is 4.00. The van der Waals surface area contributed by atoms with Crippen molar-refractivity contribution in [3.8, 4) is 5.75 Å². The molecule has 3 rings (SSSR count). The van der Waals surface area contributed by atoms with Crippen LogP contribution in [0.1, 0.15) is 40.9 Å². The second-order valence-electron chi connectivity index (χ2n) is 5.46. The van der Waals surface area contributed by atoms with Gasteiger partial charge in [-0.25, -0.2) is 4.39 Å². The summed E-state index contributed by atoms with van der Waals surface area (Å²) in [6.07, 6.45) is -0.371. The fraction of sp³-hybridized carbons (Fsp3) is 0.294. The summed E-state index contributed by atoms with van der Waals surface area (Å²) >= 11 is 0. The molecule has 2 aromatic carbocycles. The molecule has 2 atom stereocenters. The minimum atomic E-state index is -0.620. The summed E-state index contributed by atoms with van der Waals surface area (Å²) in [6, 6.07) is 10.5. The third-order valence-electron chi connectivity index (χ3n) is 3.66. The molecular formula is C17H17FO2. The van der Waals surface area contributed by atoms with Crippen LogP contribution < -0.4 is 4.74 Å². The van der Waals surface area contributed by atoms with Crippen molar-refractivity contribution in [1.29, 1.82) is 0 Å². The standard InChI is InChI=1S/C17H17FO2/c1-10-5-11(2)7-12(6-10)16-9-15(19)14-4-3-13(18)8-17(14)20-16/h3-8,15-16,19H,9H2,1-2H3/t15-,16?/m0/s1. The largest absolute Gasteiger partial charge is 0.485 e. The maximum Gasteiger partial charge on any atom is 0.128 e. The number of ether oxygens (including phenoxy) is 1. The Morgan fingerprint density at radius 2 is 1.80 bits per heavy atom. The van der Waals surface area contributed by atoms with Crippen molar-refractivity contribution in [1.82, 2.24) is 0 Å². The first-order chi connectivity index (χ1) is 9.52. The van der Waals surface area contributed by atoms with E-state index in [0.29, 0.717) is 17.7 Å². The van der Waals surface area contributed by atoms with Crippen molar-refractivity contribution in [3.63, 3.8) is 0 Å². The number of aryl methyl sites for hydroxylation is 2. The fourth-order valence-corrected chi connectivity index (χ4v) is 2.82. The Morgan fingerprint density at radius 3 is 2.50 bits per heavy atom. The summed E-state index contributed by atoms with van der Waals surface area (Å²) in [5, 5.41) is 10.2. The van der Waals surface area contributed by atoms with Gasteiger partial charge >= 0.3 is 0 Å². The van der Waals surface area contributed by atoms with E-state index in [2.05, 4.69) is 18.2 Å². The zero-order chi connectivity index (χ0) is 14.3. The van der Waals surface area contributed by atoms with Crippen molar-refractivity contribution in [3.05, 3.63) is 64.5 Å². The number of aliphatic hydroxyl groups is 1. The minimum absolute atomic E-state index is 0.238. The van der Waals surface area contributed by atoms with Gasteiger partial charge in [-0.15, -0.1) is 0 Å². The summed E-state index contributed by atoms with van der Waals surface area (Å²) in [6.45, 7) is 4.06. The fourth-order valence-electron chi connectivity index (χ4n) is 2.82. The number of hydrogen-bond acceptors (Lipinski definition) is 2. The lowest BCUT2D eigenvalue weighted by Gasteiger charge is -2.30. The monoisotopic (exact) mass is 272 g/mol. The van der Waals surface area contributed by atoms with Crippen molar-refractivity contribution in [2.45, 2.75) is 32.5 Å². The molecule has 0 aromatic heterocycles. The van der Waals surface area contributed by atoms with Crippen LogP contribution in [0.2, 0.25) is 0 Å². The minimum Gasteiger partial charge on any atom is -0.485 e. The van der Waals surface area contributed by atoms with Crippen LogP contribution >= 0.6 is 0 Å². The predicted octanol–water partition coefficient (Wildman–Crippen LogP) is 4.00. The molecule has 1 aliphatic rings. The summed E-state index contributed by atoms with van der Waals surface area (Å²) < 4.78 is 19.2. The van der Waals surface area contributed by atoms with Gasteiger partial charge < -0.3 is 9.84 Å². The molecule has 0 saturated heterocycles. The van der Waals surface area contributed by atoms with Crippen LogP contribution in [-0.2, 0) is 0 Å². The summed E-state index contributed by atoms with van der Waals surface area (Å²) in [5.74, 6) is 0.0879. The van der Waals surface area contributed by atoms with Gasteiger partial charge in [-0.3, -0.25) is 0 Å². The molecule has 3 heteroatoms. The topological polar surface area (TPSA) is 29.5 Å². The molecule has 0 spiro atoms. The number of halogens is 1. The first-order valence-corrected chi connectivity index (χ1v) is 6.75. The highest BCUT2D eigenvalue weighted by atomic mass is 19.1. The number of aliphatic hydroxyl groups excluding tert-OH is 1. The van der Waals surface area contributed by atoms with Gasteiger partial charge in [-0.2, -0.15) is 0 Å². The van der Waals surface area contributed by atoms with Gasteiger partial charge in [0.1, 0.15) is 17.7 Å². The van der Waals surface area contributed by atoms with Crippen molar-refractivity contribution < 1.29 is 14.2 Å². The molecular weight excluding hydrogens is 255 g/mol. The van der Waals surface area contributed by atoms with Gasteiger partial charge in [0.25, 0.3) is 0 Å². The van der Waals surface area contributed by atoms with E-state index in [9.17, 15) is 9.50 Å². The van der Waals surface area contributed by atoms with Crippen LogP contribution in [0.25, 0.3) is 0 Å². The van der Waals surface area contributed by atoms with E-state index in [4.69, 9.17) is 4.74 Å². The van der Waals surface area contributed by atoms with Gasteiger partial charge in [-0.1, -0.05) is 29.3 Å². The van der Waals surface area contributed by atoms with E-state index in [1.165, 1.54) is 12.1 Å². The lowest BCUT2D eigenvalue weighted by molar-refractivity contribution is 0.0653. The van der Waals surface area contributed by atoms with Gasteiger partial charge in [0.15, 0.2) is 0 Å². The summed E-state index contributed by atoms with van der Waals surface area (Å²) in [7, 11) is 0. The first-order valence-electron chi connectivity index (χ1n) is 6.75. The average molecular weight is 272 g/mol. The molecule has 2 aromatic rings. The van der Waals surface area contributed by atoms with E-state index in [1.807, 2.05) is 13.8 Å². The third kappa shape index (κ3) is 2.41. The van der Waals surface area contributed by atoms with Crippen LogP contribution in [0.5, 0.6) is 5.75 Å². The molecule has 20 heavy (non-hydrogen) atoms. The molecule has 0 aliphatic carbocycles. The maximum atomic E-state index is 13.3. The third-order valence-corrected chi connectivity index (χ3v) is 3.66. The predicted molar refractivity (Wildman–Crippen MR) is 75.3 cm³/mol. The van der Waals surface area contributed by atoms with Crippen LogP contribution in [0.15, 0.2) is 36.4 Å². The molecule has 1 N–H and O–H groups in total. The Labute approximate surface area is 117 Å². The maximum absolute atomic E-state index is 13.3. The molecule has 0 saturated carbocycles. The highest BCUT2D eigenvalue weighted by Gasteiger charge is 2.28. The Hall–Kier alpha value is -1.87. The molecule has 104 valence electrons. The van der Waals surface area contributed by atoms with Crippen LogP contribution in [-0.4, -0.2) is 5.11 Å². The van der Waals surface area contributed by atoms with Crippen LogP contribution in [0, 0.1) is 19.7 Å². The zero-order valence-corrected chi connectivity index (χ0v) is 11.6. The van der Waals surface area contributed by atoms with E-state index in [1.54, 1.807) is 6.07 Å². The van der Waals surface area contributed by atoms with Crippen LogP contribution in [0.4, 0.5) is 4.39 Å². The van der Waals surface area contributed by atoms with Gasteiger partial charge in [0, 0.05) is 18.1 Å². The van der Waals surface area contributed by atoms with Gasteiger partial charge in [-0.05, 0) is 31.5 Å². The van der Waals surface area contributed by atoms with Gasteiger partial charge in [0.2, 0.25) is 0 Å². The zero-order valence-electron chi connectivity index (χ0n) is 11.6. The SMILES string of the molecule is Cc1cc(C)cc(C2C[C@H](O)c3ccc(F)cc3O2)c1. The molecule has 1 unspecified atom stereocenters. The lowest BCUT2D eigenvalue weighted by Crippen LogP contribution is -2.19. The second kappa shape index (κ2) is 4.91. The molecule has 2 nitrogen and oxygen atoms in total. The smallest absolute Gasteiger partial charge is 0.128 e. The Kier molecular flexibility index (Phi) is 3.22. The number of fused-ring (bicyclic) bond motifs is 1. The molecule has 0 radical (unpaired) electrons. The Morgan fingerprint density at radius 1 is 1.10 bits per heavy atom. The van der Waals surface area contributed by atoms with Crippen molar-refractivity contribution >= 4 is 0 Å². The number of hydrogen-bond donors (Lipinski definition) is 1. The van der Waals surface area contributed by atoms with E-state index in [-0.39, 0.29) is 11.9 Å². The Bertz CT molecular complexity index is 631. The highest BCUT2D eigenvalue weighted by Crippen LogP contribution is 2.41. The molecule has 0 fully saturated rings. The van der Waals surface area contributed by atoms with E-state index in [0.717, 1.165) is 16.7 Å². The van der Waals surface area contributed by atoms with Gasteiger partial charge in [0.05, 0.1) is 6.10 Å². The van der Waals surface area contributed by atoms with Crippen molar-refractivity contribution in [2.75, 3.05) is 0 Å². The van der Waals surface area contributed by atoms with E-state index < -0.39 is 6.10 Å². The first kappa shape index (κ1) is 13.1. The molecule has 0 bridgehead atoms. The molecule has 0 amide bonds. The second-order valence-corrected chi connectivity index (χ2v) is 5.46. The van der Waals surface area contributed by atoms with Crippen molar-refractivity contribution in [2.24, 2.45) is 0 Å². The number of rotatable bonds is 1. The average Bonchev–Trinajstić information content (AvgIpc) is 2.36. The number of benzene rings is 2.